The number of anilines is 1. The molecule has 0 atom stereocenters. The van der Waals surface area contributed by atoms with Crippen LogP contribution in [0.1, 0.15) is 15.5 Å². The number of aromatic nitrogens is 1. The Bertz CT molecular complexity index is 587. The number of carbonyl (C=O) groups is 1. The van der Waals surface area contributed by atoms with Crippen molar-refractivity contribution in [3.63, 3.8) is 0 Å². The van der Waals surface area contributed by atoms with Gasteiger partial charge in [0.2, 0.25) is 0 Å². The van der Waals surface area contributed by atoms with Crippen LogP contribution in [0, 0.1) is 3.57 Å². The van der Waals surface area contributed by atoms with E-state index in [2.05, 4.69) is 32.9 Å². The van der Waals surface area contributed by atoms with Crippen molar-refractivity contribution in [1.82, 2.24) is 4.98 Å². The normalized spacial score (nSPS) is 10.4. The van der Waals surface area contributed by atoms with Crippen molar-refractivity contribution >= 4 is 57.1 Å². The van der Waals surface area contributed by atoms with Gasteiger partial charge in [0.05, 0.1) is 10.7 Å². The van der Waals surface area contributed by atoms with Crippen molar-refractivity contribution in [1.29, 1.82) is 0 Å². The summed E-state index contributed by atoms with van der Waals surface area (Å²) in [6.45, 7) is 0.336. The van der Waals surface area contributed by atoms with E-state index in [1.807, 2.05) is 6.07 Å². The Kier molecular flexibility index (Phi) is 4.55. The van der Waals surface area contributed by atoms with Gasteiger partial charge in [-0.25, -0.2) is 4.98 Å². The zero-order chi connectivity index (χ0) is 13.1. The summed E-state index contributed by atoms with van der Waals surface area (Å²) in [6, 6.07) is 5.41. The average Bonchev–Trinajstić information content (AvgIpc) is 2.81. The van der Waals surface area contributed by atoms with Crippen LogP contribution in [0.5, 0.6) is 0 Å². The van der Waals surface area contributed by atoms with Crippen LogP contribution in [0.4, 0.5) is 5.69 Å². The fourth-order valence-electron chi connectivity index (χ4n) is 1.29. The number of amides is 1. The third kappa shape index (κ3) is 3.19. The van der Waals surface area contributed by atoms with Gasteiger partial charge in [0.1, 0.15) is 10.7 Å². The molecule has 18 heavy (non-hydrogen) atoms. The molecule has 1 aromatic carbocycles. The van der Waals surface area contributed by atoms with Crippen LogP contribution in [0.15, 0.2) is 23.6 Å². The maximum absolute atomic E-state index is 11.9. The van der Waals surface area contributed by atoms with Crippen LogP contribution in [-0.2, 0) is 6.54 Å². The minimum atomic E-state index is -0.283. The van der Waals surface area contributed by atoms with Gasteiger partial charge in [0, 0.05) is 15.5 Å². The molecule has 2 aromatic rings. The highest BCUT2D eigenvalue weighted by Crippen LogP contribution is 2.24. The summed E-state index contributed by atoms with van der Waals surface area (Å²) in [5, 5.41) is 5.63. The number of carbonyl (C=O) groups excluding carboxylic acids is 1. The summed E-state index contributed by atoms with van der Waals surface area (Å²) in [6.07, 6.45) is 0. The molecule has 0 bridgehead atoms. The van der Waals surface area contributed by atoms with Gasteiger partial charge in [-0.2, -0.15) is 0 Å². The van der Waals surface area contributed by atoms with Crippen molar-refractivity contribution in [3.05, 3.63) is 42.9 Å². The molecule has 7 heteroatoms. The molecule has 1 amide bonds. The van der Waals surface area contributed by atoms with E-state index in [9.17, 15) is 4.79 Å². The number of benzene rings is 1. The lowest BCUT2D eigenvalue weighted by Crippen LogP contribution is -2.13. The van der Waals surface area contributed by atoms with Crippen molar-refractivity contribution in [3.8, 4) is 0 Å². The lowest BCUT2D eigenvalue weighted by molar-refractivity contribution is 0.102. The lowest BCUT2D eigenvalue weighted by atomic mass is 10.3. The maximum atomic E-state index is 11.9. The number of halogens is 2. The quantitative estimate of drug-likeness (QED) is 0.787. The second-order valence-corrected chi connectivity index (χ2v) is 6.00. The van der Waals surface area contributed by atoms with Gasteiger partial charge in [0.15, 0.2) is 0 Å². The molecule has 0 aliphatic rings. The van der Waals surface area contributed by atoms with E-state index in [4.69, 9.17) is 17.3 Å². The van der Waals surface area contributed by atoms with Crippen LogP contribution in [0.25, 0.3) is 0 Å². The van der Waals surface area contributed by atoms with Crippen LogP contribution >= 0.6 is 45.5 Å². The molecule has 0 saturated heterocycles. The molecule has 94 valence electrons. The summed E-state index contributed by atoms with van der Waals surface area (Å²) >= 11 is 9.55. The molecule has 1 aromatic heterocycles. The number of nitrogens with two attached hydrogens (primary N) is 1. The van der Waals surface area contributed by atoms with Crippen molar-refractivity contribution in [2.45, 2.75) is 6.54 Å². The lowest BCUT2D eigenvalue weighted by Gasteiger charge is -2.05. The highest BCUT2D eigenvalue weighted by atomic mass is 127. The number of hydrogen-bond acceptors (Lipinski definition) is 4. The predicted octanol–water partition coefficient (Wildman–Crippen LogP) is 3.11. The van der Waals surface area contributed by atoms with Gasteiger partial charge in [-0.1, -0.05) is 11.6 Å². The highest BCUT2D eigenvalue weighted by Gasteiger charge is 2.12. The van der Waals surface area contributed by atoms with E-state index in [-0.39, 0.29) is 5.91 Å². The average molecular weight is 394 g/mol. The van der Waals surface area contributed by atoms with Gasteiger partial charge < -0.3 is 11.1 Å². The molecule has 0 aliphatic heterocycles. The second kappa shape index (κ2) is 5.96. The first-order chi connectivity index (χ1) is 8.60. The molecule has 4 nitrogen and oxygen atoms in total. The van der Waals surface area contributed by atoms with Gasteiger partial charge in [-0.05, 0) is 40.8 Å². The molecule has 3 N–H and O–H groups in total. The zero-order valence-corrected chi connectivity index (χ0v) is 12.8. The molecule has 0 unspecified atom stereocenters. The molecule has 0 spiro atoms. The number of hydrogen-bond donors (Lipinski definition) is 2. The van der Waals surface area contributed by atoms with E-state index in [1.165, 1.54) is 11.3 Å². The summed E-state index contributed by atoms with van der Waals surface area (Å²) in [5.74, 6) is -0.283. The van der Waals surface area contributed by atoms with Crippen LogP contribution in [-0.4, -0.2) is 10.9 Å². The molecular weight excluding hydrogens is 385 g/mol. The van der Waals surface area contributed by atoms with Crippen LogP contribution < -0.4 is 11.1 Å². The topological polar surface area (TPSA) is 68.0 Å². The van der Waals surface area contributed by atoms with E-state index in [0.717, 1.165) is 8.58 Å². The number of nitrogens with one attached hydrogen (secondary N) is 1. The third-order valence-corrected chi connectivity index (χ3v) is 3.99. The Labute approximate surface area is 127 Å². The van der Waals surface area contributed by atoms with E-state index >= 15 is 0 Å². The molecule has 0 saturated carbocycles. The van der Waals surface area contributed by atoms with Gasteiger partial charge >= 0.3 is 0 Å². The monoisotopic (exact) mass is 393 g/mol. The smallest absolute Gasteiger partial charge is 0.275 e. The number of rotatable bonds is 3. The largest absolute Gasteiger partial charge is 0.325 e. The van der Waals surface area contributed by atoms with Gasteiger partial charge in [-0.15, -0.1) is 11.3 Å². The molecule has 0 aliphatic carbocycles. The highest BCUT2D eigenvalue weighted by molar-refractivity contribution is 14.1. The Morgan fingerprint density at radius 3 is 2.94 bits per heavy atom. The summed E-state index contributed by atoms with van der Waals surface area (Å²) < 4.78 is 1.01. The Hall–Kier alpha value is -0.700. The molecule has 2 rings (SSSR count). The Morgan fingerprint density at radius 2 is 2.33 bits per heavy atom. The molecule has 0 fully saturated rings. The number of thiazole rings is 1. The fraction of sp³-hybridized carbons (Fsp3) is 0.0909. The van der Waals surface area contributed by atoms with E-state index in [1.54, 1.807) is 17.5 Å². The summed E-state index contributed by atoms with van der Waals surface area (Å²) in [5.41, 5.74) is 6.38. The number of nitrogens with zero attached hydrogens (tertiary/aromatic N) is 1. The maximum Gasteiger partial charge on any atom is 0.275 e. The standard InChI is InChI=1S/C11H9ClIN3OS/c12-7-3-6(13)1-2-8(7)16-11(17)9-5-18-10(4-14)15-9/h1-3,5H,4,14H2,(H,16,17). The first-order valence-electron chi connectivity index (χ1n) is 5.01. The predicted molar refractivity (Wildman–Crippen MR) is 82.1 cm³/mol. The third-order valence-electron chi connectivity index (χ3n) is 2.14. The fourth-order valence-corrected chi connectivity index (χ4v) is 2.84. The first kappa shape index (κ1) is 13.7. The van der Waals surface area contributed by atoms with E-state index in [0.29, 0.717) is 22.9 Å². The minimum Gasteiger partial charge on any atom is -0.325 e. The minimum absolute atomic E-state index is 0.283. The van der Waals surface area contributed by atoms with Crippen molar-refractivity contribution in [2.24, 2.45) is 5.73 Å². The summed E-state index contributed by atoms with van der Waals surface area (Å²) in [7, 11) is 0. The molecular formula is C11H9ClIN3OS. The van der Waals surface area contributed by atoms with E-state index < -0.39 is 0 Å². The SMILES string of the molecule is NCc1nc(C(=O)Nc2ccc(I)cc2Cl)cs1. The Balaban J connectivity index is 2.16. The zero-order valence-electron chi connectivity index (χ0n) is 9.11. The van der Waals surface area contributed by atoms with Crippen molar-refractivity contribution in [2.75, 3.05) is 5.32 Å². The first-order valence-corrected chi connectivity index (χ1v) is 7.34. The van der Waals surface area contributed by atoms with Crippen molar-refractivity contribution < 1.29 is 4.79 Å². The van der Waals surface area contributed by atoms with Crippen LogP contribution in [0.2, 0.25) is 5.02 Å². The van der Waals surface area contributed by atoms with Gasteiger partial charge in [-0.3, -0.25) is 4.79 Å². The molecule has 1 heterocycles. The molecule has 0 radical (unpaired) electrons. The van der Waals surface area contributed by atoms with Gasteiger partial charge in [0.25, 0.3) is 5.91 Å². The van der Waals surface area contributed by atoms with Crippen LogP contribution in [0.3, 0.4) is 0 Å². The summed E-state index contributed by atoms with van der Waals surface area (Å²) in [4.78, 5) is 16.0. The Morgan fingerprint density at radius 1 is 1.56 bits per heavy atom. The second-order valence-electron chi connectivity index (χ2n) is 3.41.